The molecule has 0 aliphatic heterocycles. The second-order valence-electron chi connectivity index (χ2n) is 5.86. The summed E-state index contributed by atoms with van der Waals surface area (Å²) < 4.78 is 5.79. The van der Waals surface area contributed by atoms with Crippen molar-refractivity contribution in [2.75, 3.05) is 19.8 Å². The molecule has 3 heteroatoms. The maximum Gasteiger partial charge on any atom is 0.119 e. The first-order valence-corrected chi connectivity index (χ1v) is 7.84. The van der Waals surface area contributed by atoms with Gasteiger partial charge in [0, 0.05) is 18.6 Å². The molecule has 20 heavy (non-hydrogen) atoms. The van der Waals surface area contributed by atoms with Gasteiger partial charge in [-0.3, -0.25) is 0 Å². The zero-order chi connectivity index (χ0) is 14.4. The Morgan fingerprint density at radius 3 is 3.05 bits per heavy atom. The van der Waals surface area contributed by atoms with Crippen LogP contribution in [0.5, 0.6) is 5.75 Å². The van der Waals surface area contributed by atoms with Crippen LogP contribution in [0.1, 0.15) is 50.3 Å². The fourth-order valence-electron chi connectivity index (χ4n) is 2.69. The average Bonchev–Trinajstić information content (AvgIpc) is 2.50. The minimum absolute atomic E-state index is 0.172. The first-order valence-electron chi connectivity index (χ1n) is 7.84. The van der Waals surface area contributed by atoms with Crippen molar-refractivity contribution in [3.05, 3.63) is 29.3 Å². The SMILES string of the molecule is CCCNC1CCCc2ccc(OCC(C)CO)cc21. The van der Waals surface area contributed by atoms with E-state index >= 15 is 0 Å². The van der Waals surface area contributed by atoms with Crippen LogP contribution in [-0.4, -0.2) is 24.9 Å². The Bertz CT molecular complexity index is 419. The molecule has 0 radical (unpaired) electrons. The molecule has 0 spiro atoms. The number of hydrogen-bond acceptors (Lipinski definition) is 3. The van der Waals surface area contributed by atoms with Crippen LogP contribution in [-0.2, 0) is 6.42 Å². The third-order valence-corrected chi connectivity index (χ3v) is 3.92. The van der Waals surface area contributed by atoms with Crippen molar-refractivity contribution in [2.45, 2.75) is 45.6 Å². The Balaban J connectivity index is 2.06. The molecule has 0 fully saturated rings. The quantitative estimate of drug-likeness (QED) is 0.805. The summed E-state index contributed by atoms with van der Waals surface area (Å²) in [6, 6.07) is 6.92. The topological polar surface area (TPSA) is 41.5 Å². The second-order valence-corrected chi connectivity index (χ2v) is 5.86. The molecule has 0 aromatic heterocycles. The lowest BCUT2D eigenvalue weighted by Gasteiger charge is -2.27. The van der Waals surface area contributed by atoms with Crippen LogP contribution < -0.4 is 10.1 Å². The number of hydrogen-bond donors (Lipinski definition) is 2. The second kappa shape index (κ2) is 7.65. The van der Waals surface area contributed by atoms with E-state index in [9.17, 15) is 0 Å². The fraction of sp³-hybridized carbons (Fsp3) is 0.647. The number of rotatable bonds is 7. The molecule has 1 aliphatic carbocycles. The minimum atomic E-state index is 0.172. The molecular formula is C17H27NO2. The monoisotopic (exact) mass is 277 g/mol. The van der Waals surface area contributed by atoms with E-state index in [1.165, 1.54) is 30.4 Å². The normalized spacial score (nSPS) is 19.4. The molecule has 0 heterocycles. The van der Waals surface area contributed by atoms with Gasteiger partial charge in [-0.05, 0) is 55.5 Å². The molecule has 0 saturated carbocycles. The van der Waals surface area contributed by atoms with Crippen LogP contribution >= 0.6 is 0 Å². The van der Waals surface area contributed by atoms with Crippen molar-refractivity contribution in [2.24, 2.45) is 5.92 Å². The molecule has 3 nitrogen and oxygen atoms in total. The average molecular weight is 277 g/mol. The van der Waals surface area contributed by atoms with Gasteiger partial charge < -0.3 is 15.2 Å². The van der Waals surface area contributed by atoms with Crippen LogP contribution in [0.15, 0.2) is 18.2 Å². The lowest BCUT2D eigenvalue weighted by molar-refractivity contribution is 0.174. The van der Waals surface area contributed by atoms with Crippen LogP contribution in [0.25, 0.3) is 0 Å². The van der Waals surface area contributed by atoms with Crippen molar-refractivity contribution in [1.82, 2.24) is 5.32 Å². The van der Waals surface area contributed by atoms with E-state index in [0.29, 0.717) is 12.6 Å². The zero-order valence-electron chi connectivity index (χ0n) is 12.7. The third-order valence-electron chi connectivity index (χ3n) is 3.92. The summed E-state index contributed by atoms with van der Waals surface area (Å²) in [4.78, 5) is 0. The molecule has 2 rings (SSSR count). The molecule has 2 atom stereocenters. The highest BCUT2D eigenvalue weighted by Crippen LogP contribution is 2.32. The van der Waals surface area contributed by atoms with Crippen molar-refractivity contribution in [3.8, 4) is 5.75 Å². The van der Waals surface area contributed by atoms with Crippen LogP contribution in [0.4, 0.5) is 0 Å². The van der Waals surface area contributed by atoms with E-state index in [1.807, 2.05) is 6.92 Å². The summed E-state index contributed by atoms with van der Waals surface area (Å²) in [6.45, 7) is 6.00. The highest BCUT2D eigenvalue weighted by molar-refractivity contribution is 5.39. The van der Waals surface area contributed by atoms with Gasteiger partial charge in [0.2, 0.25) is 0 Å². The highest BCUT2D eigenvalue weighted by Gasteiger charge is 2.20. The van der Waals surface area contributed by atoms with Gasteiger partial charge in [0.25, 0.3) is 0 Å². The molecule has 0 bridgehead atoms. The van der Waals surface area contributed by atoms with Crippen LogP contribution in [0.2, 0.25) is 0 Å². The van der Waals surface area contributed by atoms with E-state index in [1.54, 1.807) is 0 Å². The predicted molar refractivity (Wildman–Crippen MR) is 82.2 cm³/mol. The molecule has 1 aromatic rings. The molecule has 0 saturated heterocycles. The van der Waals surface area contributed by atoms with E-state index in [-0.39, 0.29) is 12.5 Å². The summed E-state index contributed by atoms with van der Waals surface area (Å²) in [5, 5.41) is 12.7. The van der Waals surface area contributed by atoms with Crippen molar-refractivity contribution in [3.63, 3.8) is 0 Å². The molecule has 1 aliphatic rings. The summed E-state index contributed by atoms with van der Waals surface area (Å²) in [7, 11) is 0. The van der Waals surface area contributed by atoms with Gasteiger partial charge in [0.1, 0.15) is 5.75 Å². The Morgan fingerprint density at radius 1 is 1.45 bits per heavy atom. The lowest BCUT2D eigenvalue weighted by atomic mass is 9.87. The first kappa shape index (κ1) is 15.3. The summed E-state index contributed by atoms with van der Waals surface area (Å²) in [5.74, 6) is 1.11. The number of benzene rings is 1. The number of aryl methyl sites for hydroxylation is 1. The Kier molecular flexibility index (Phi) is 5.86. The Hall–Kier alpha value is -1.06. The number of aliphatic hydroxyl groups excluding tert-OH is 1. The first-order chi connectivity index (χ1) is 9.74. The highest BCUT2D eigenvalue weighted by atomic mass is 16.5. The van der Waals surface area contributed by atoms with Crippen LogP contribution in [0.3, 0.4) is 0 Å². The van der Waals surface area contributed by atoms with Crippen molar-refractivity contribution >= 4 is 0 Å². The number of ether oxygens (including phenoxy) is 1. The van der Waals surface area contributed by atoms with Gasteiger partial charge in [-0.2, -0.15) is 0 Å². The maximum absolute atomic E-state index is 9.05. The van der Waals surface area contributed by atoms with E-state index in [0.717, 1.165) is 18.7 Å². The number of nitrogens with one attached hydrogen (secondary N) is 1. The summed E-state index contributed by atoms with van der Waals surface area (Å²) in [6.07, 6.45) is 4.81. The van der Waals surface area contributed by atoms with Gasteiger partial charge in [-0.15, -0.1) is 0 Å². The standard InChI is InChI=1S/C17H27NO2/c1-3-9-18-17-6-4-5-14-7-8-15(10-16(14)17)20-12-13(2)11-19/h7-8,10,13,17-19H,3-6,9,11-12H2,1-2H3. The third kappa shape index (κ3) is 3.97. The van der Waals surface area contributed by atoms with Gasteiger partial charge in [0.15, 0.2) is 0 Å². The molecule has 112 valence electrons. The molecular weight excluding hydrogens is 250 g/mol. The van der Waals surface area contributed by atoms with Gasteiger partial charge in [-0.25, -0.2) is 0 Å². The zero-order valence-corrected chi connectivity index (χ0v) is 12.7. The van der Waals surface area contributed by atoms with E-state index in [4.69, 9.17) is 9.84 Å². The lowest BCUT2D eigenvalue weighted by Crippen LogP contribution is -2.26. The summed E-state index contributed by atoms with van der Waals surface area (Å²) in [5.41, 5.74) is 2.85. The maximum atomic E-state index is 9.05. The number of fused-ring (bicyclic) bond motifs is 1. The van der Waals surface area contributed by atoms with Gasteiger partial charge >= 0.3 is 0 Å². The van der Waals surface area contributed by atoms with Gasteiger partial charge in [0.05, 0.1) is 6.61 Å². The predicted octanol–water partition coefficient (Wildman–Crippen LogP) is 3.07. The molecule has 2 N–H and O–H groups in total. The minimum Gasteiger partial charge on any atom is -0.493 e. The molecule has 0 amide bonds. The van der Waals surface area contributed by atoms with E-state index < -0.39 is 0 Å². The smallest absolute Gasteiger partial charge is 0.119 e. The summed E-state index contributed by atoms with van der Waals surface area (Å²) >= 11 is 0. The largest absolute Gasteiger partial charge is 0.493 e. The van der Waals surface area contributed by atoms with Crippen molar-refractivity contribution < 1.29 is 9.84 Å². The van der Waals surface area contributed by atoms with E-state index in [2.05, 4.69) is 30.4 Å². The number of aliphatic hydroxyl groups is 1. The Labute approximate surface area is 122 Å². The molecule has 1 aromatic carbocycles. The Morgan fingerprint density at radius 2 is 2.30 bits per heavy atom. The van der Waals surface area contributed by atoms with Crippen LogP contribution in [0, 0.1) is 5.92 Å². The van der Waals surface area contributed by atoms with Crippen molar-refractivity contribution in [1.29, 1.82) is 0 Å². The van der Waals surface area contributed by atoms with Gasteiger partial charge in [-0.1, -0.05) is 19.9 Å². The molecule has 2 unspecified atom stereocenters. The fourth-order valence-corrected chi connectivity index (χ4v) is 2.69.